The molecule has 1 aromatic heterocycles. The van der Waals surface area contributed by atoms with E-state index in [1.165, 1.54) is 37.2 Å². The molecule has 2 aliphatic rings. The molecule has 3 rings (SSSR count). The second-order valence-corrected chi connectivity index (χ2v) is 7.49. The van der Waals surface area contributed by atoms with Crippen LogP contribution in [0.2, 0.25) is 0 Å². The summed E-state index contributed by atoms with van der Waals surface area (Å²) < 4.78 is 0. The Balaban J connectivity index is 1.74. The van der Waals surface area contributed by atoms with Crippen LogP contribution in [-0.2, 0) is 6.54 Å². The summed E-state index contributed by atoms with van der Waals surface area (Å²) in [6, 6.07) is 0.648. The van der Waals surface area contributed by atoms with Crippen LogP contribution in [-0.4, -0.2) is 34.6 Å². The number of aromatic nitrogens is 1. The highest BCUT2D eigenvalue weighted by Gasteiger charge is 2.41. The van der Waals surface area contributed by atoms with E-state index in [0.29, 0.717) is 17.5 Å². The van der Waals surface area contributed by atoms with Crippen molar-refractivity contribution in [1.29, 1.82) is 0 Å². The van der Waals surface area contributed by atoms with Crippen LogP contribution < -0.4 is 5.32 Å². The Kier molecular flexibility index (Phi) is 3.92. The van der Waals surface area contributed by atoms with E-state index in [9.17, 15) is 0 Å². The summed E-state index contributed by atoms with van der Waals surface area (Å²) in [4.78, 5) is 7.16. The first-order chi connectivity index (χ1) is 9.19. The minimum Gasteiger partial charge on any atom is -0.308 e. The Bertz CT molecular complexity index is 396. The monoisotopic (exact) mass is 279 g/mol. The van der Waals surface area contributed by atoms with Crippen LogP contribution in [0.5, 0.6) is 0 Å². The van der Waals surface area contributed by atoms with Crippen molar-refractivity contribution in [2.24, 2.45) is 5.92 Å². The van der Waals surface area contributed by atoms with Crippen LogP contribution in [0.1, 0.15) is 44.5 Å². The Hall–Kier alpha value is -0.450. The smallest absolute Gasteiger partial charge is 0.107 e. The van der Waals surface area contributed by atoms with Crippen molar-refractivity contribution in [1.82, 2.24) is 15.2 Å². The van der Waals surface area contributed by atoms with Crippen LogP contribution >= 0.6 is 11.3 Å². The molecule has 0 aromatic carbocycles. The normalized spacial score (nSPS) is 27.4. The highest BCUT2D eigenvalue weighted by Crippen LogP contribution is 2.34. The van der Waals surface area contributed by atoms with Gasteiger partial charge in [-0.1, -0.05) is 26.7 Å². The summed E-state index contributed by atoms with van der Waals surface area (Å²) in [7, 11) is 0. The van der Waals surface area contributed by atoms with Crippen molar-refractivity contribution in [2.75, 3.05) is 13.1 Å². The SMILES string of the molecule is CC(C)C1CNC2(CCCC2)CN1Cc1nccs1. The van der Waals surface area contributed by atoms with E-state index in [2.05, 4.69) is 34.4 Å². The highest BCUT2D eigenvalue weighted by molar-refractivity contribution is 7.09. The molecular formula is C15H25N3S. The third-order valence-corrected chi connectivity index (χ3v) is 5.58. The third-order valence-electron chi connectivity index (χ3n) is 4.81. The number of hydrogen-bond donors (Lipinski definition) is 1. The highest BCUT2D eigenvalue weighted by atomic mass is 32.1. The Morgan fingerprint density at radius 2 is 2.26 bits per heavy atom. The number of rotatable bonds is 3. The molecule has 0 amide bonds. The van der Waals surface area contributed by atoms with E-state index in [1.54, 1.807) is 11.3 Å². The Morgan fingerprint density at radius 3 is 2.89 bits per heavy atom. The van der Waals surface area contributed by atoms with E-state index >= 15 is 0 Å². The zero-order valence-corrected chi connectivity index (χ0v) is 12.9. The van der Waals surface area contributed by atoms with Crippen molar-refractivity contribution in [3.05, 3.63) is 16.6 Å². The van der Waals surface area contributed by atoms with Gasteiger partial charge >= 0.3 is 0 Å². The molecule has 106 valence electrons. The van der Waals surface area contributed by atoms with Gasteiger partial charge in [-0.15, -0.1) is 11.3 Å². The van der Waals surface area contributed by atoms with Crippen molar-refractivity contribution in [2.45, 2.75) is 57.7 Å². The summed E-state index contributed by atoms with van der Waals surface area (Å²) in [6.07, 6.45) is 7.42. The number of thiazole rings is 1. The molecule has 1 aromatic rings. The van der Waals surface area contributed by atoms with Crippen LogP contribution in [0.25, 0.3) is 0 Å². The molecule has 1 aliphatic carbocycles. The lowest BCUT2D eigenvalue weighted by molar-refractivity contribution is 0.0506. The van der Waals surface area contributed by atoms with Gasteiger partial charge in [-0.25, -0.2) is 4.98 Å². The minimum atomic E-state index is 0.405. The molecule has 1 saturated heterocycles. The van der Waals surface area contributed by atoms with Crippen LogP contribution in [0.15, 0.2) is 11.6 Å². The molecule has 1 spiro atoms. The van der Waals surface area contributed by atoms with E-state index in [0.717, 1.165) is 13.1 Å². The molecule has 1 unspecified atom stereocenters. The van der Waals surface area contributed by atoms with E-state index in [4.69, 9.17) is 0 Å². The van der Waals surface area contributed by atoms with Gasteiger partial charge in [-0.05, 0) is 18.8 Å². The summed E-state index contributed by atoms with van der Waals surface area (Å²) in [6.45, 7) is 8.06. The van der Waals surface area contributed by atoms with Gasteiger partial charge in [0, 0.05) is 36.2 Å². The van der Waals surface area contributed by atoms with Gasteiger partial charge in [-0.2, -0.15) is 0 Å². The quantitative estimate of drug-likeness (QED) is 0.922. The molecule has 2 heterocycles. The summed E-state index contributed by atoms with van der Waals surface area (Å²) in [5.74, 6) is 0.700. The largest absolute Gasteiger partial charge is 0.308 e. The third kappa shape index (κ3) is 2.86. The molecule has 3 nitrogen and oxygen atoms in total. The second kappa shape index (κ2) is 5.51. The number of piperazine rings is 1. The van der Waals surface area contributed by atoms with E-state index in [1.807, 2.05) is 6.20 Å². The molecular weight excluding hydrogens is 254 g/mol. The number of hydrogen-bond acceptors (Lipinski definition) is 4. The summed E-state index contributed by atoms with van der Waals surface area (Å²) in [5.41, 5.74) is 0.405. The van der Waals surface area contributed by atoms with Gasteiger partial charge in [0.2, 0.25) is 0 Å². The zero-order chi connectivity index (χ0) is 13.3. The average molecular weight is 279 g/mol. The first kappa shape index (κ1) is 13.5. The fourth-order valence-electron chi connectivity index (χ4n) is 3.73. The van der Waals surface area contributed by atoms with Crippen molar-refractivity contribution in [3.63, 3.8) is 0 Å². The van der Waals surface area contributed by atoms with E-state index in [-0.39, 0.29) is 0 Å². The minimum absolute atomic E-state index is 0.405. The first-order valence-electron chi connectivity index (χ1n) is 7.56. The summed E-state index contributed by atoms with van der Waals surface area (Å²) >= 11 is 1.79. The fraction of sp³-hybridized carbons (Fsp3) is 0.800. The topological polar surface area (TPSA) is 28.2 Å². The fourth-order valence-corrected chi connectivity index (χ4v) is 4.37. The average Bonchev–Trinajstić information content (AvgIpc) is 3.01. The molecule has 1 saturated carbocycles. The van der Waals surface area contributed by atoms with Crippen molar-refractivity contribution in [3.8, 4) is 0 Å². The van der Waals surface area contributed by atoms with Crippen LogP contribution in [0.4, 0.5) is 0 Å². The van der Waals surface area contributed by atoms with Gasteiger partial charge in [0.15, 0.2) is 0 Å². The maximum Gasteiger partial charge on any atom is 0.107 e. The second-order valence-electron chi connectivity index (χ2n) is 6.51. The predicted octanol–water partition coefficient (Wildman–Crippen LogP) is 2.89. The molecule has 1 N–H and O–H groups in total. The Morgan fingerprint density at radius 1 is 1.47 bits per heavy atom. The molecule has 1 aliphatic heterocycles. The molecule has 19 heavy (non-hydrogen) atoms. The molecule has 1 atom stereocenters. The zero-order valence-electron chi connectivity index (χ0n) is 12.1. The van der Waals surface area contributed by atoms with Gasteiger partial charge in [0.05, 0.1) is 6.54 Å². The number of nitrogens with one attached hydrogen (secondary N) is 1. The van der Waals surface area contributed by atoms with Crippen LogP contribution in [0, 0.1) is 5.92 Å². The van der Waals surface area contributed by atoms with Gasteiger partial charge < -0.3 is 5.32 Å². The van der Waals surface area contributed by atoms with Crippen LogP contribution in [0.3, 0.4) is 0 Å². The predicted molar refractivity (Wildman–Crippen MR) is 80.4 cm³/mol. The lowest BCUT2D eigenvalue weighted by Gasteiger charge is -2.47. The molecule has 0 bridgehead atoms. The maximum absolute atomic E-state index is 4.48. The first-order valence-corrected chi connectivity index (χ1v) is 8.44. The maximum atomic E-state index is 4.48. The molecule has 4 heteroatoms. The summed E-state index contributed by atoms with van der Waals surface area (Å²) in [5, 5.41) is 7.23. The lowest BCUT2D eigenvalue weighted by atomic mass is 9.89. The number of nitrogens with zero attached hydrogens (tertiary/aromatic N) is 2. The van der Waals surface area contributed by atoms with Gasteiger partial charge in [0.25, 0.3) is 0 Å². The molecule has 2 fully saturated rings. The van der Waals surface area contributed by atoms with Crippen molar-refractivity contribution < 1.29 is 0 Å². The van der Waals surface area contributed by atoms with Gasteiger partial charge in [-0.3, -0.25) is 4.90 Å². The standard InChI is InChI=1S/C15H25N3S/c1-12(2)13-9-17-15(5-3-4-6-15)11-18(13)10-14-16-7-8-19-14/h7-8,12-13,17H,3-6,9-11H2,1-2H3. The molecule has 0 radical (unpaired) electrons. The van der Waals surface area contributed by atoms with Crippen molar-refractivity contribution >= 4 is 11.3 Å². The Labute approximate surface area is 120 Å². The lowest BCUT2D eigenvalue weighted by Crippen LogP contribution is -2.63. The van der Waals surface area contributed by atoms with E-state index < -0.39 is 0 Å². The van der Waals surface area contributed by atoms with Gasteiger partial charge in [0.1, 0.15) is 5.01 Å².